The smallest absolute Gasteiger partial charge is 0.269 e. The van der Waals surface area contributed by atoms with Crippen molar-refractivity contribution in [2.75, 3.05) is 17.0 Å². The Morgan fingerprint density at radius 3 is 2.73 bits per heavy atom. The van der Waals surface area contributed by atoms with E-state index in [1.54, 1.807) is 17.8 Å². The zero-order chi connectivity index (χ0) is 20.9. The highest BCUT2D eigenvalue weighted by Gasteiger charge is 2.26. The van der Waals surface area contributed by atoms with E-state index in [2.05, 4.69) is 20.7 Å². The maximum absolute atomic E-state index is 13.0. The van der Waals surface area contributed by atoms with E-state index in [1.807, 2.05) is 60.9 Å². The van der Waals surface area contributed by atoms with Gasteiger partial charge in [-0.25, -0.2) is 9.99 Å². The molecule has 3 N–H and O–H groups in total. The summed E-state index contributed by atoms with van der Waals surface area (Å²) in [6, 6.07) is 16.8. The average molecular weight is 422 g/mol. The summed E-state index contributed by atoms with van der Waals surface area (Å²) < 4.78 is 0. The lowest BCUT2D eigenvalue weighted by molar-refractivity contribution is -0.120. The predicted molar refractivity (Wildman–Crippen MR) is 120 cm³/mol. The monoisotopic (exact) mass is 421 g/mol. The van der Waals surface area contributed by atoms with Crippen LogP contribution in [0.25, 0.3) is 11.0 Å². The van der Waals surface area contributed by atoms with Gasteiger partial charge in [0, 0.05) is 6.42 Å². The number of thioether (sulfide) groups is 1. The molecule has 0 fully saturated rings. The third-order valence-corrected chi connectivity index (χ3v) is 5.52. The zero-order valence-electron chi connectivity index (χ0n) is 16.6. The number of H-pyrrole nitrogens is 1. The number of aromatic nitrogens is 2. The molecule has 2 heterocycles. The largest absolute Gasteiger partial charge is 0.341 e. The van der Waals surface area contributed by atoms with Crippen LogP contribution in [0.4, 0.5) is 5.69 Å². The molecule has 8 heteroatoms. The van der Waals surface area contributed by atoms with Crippen molar-refractivity contribution in [3.8, 4) is 0 Å². The molecule has 2 amide bonds. The van der Waals surface area contributed by atoms with Crippen molar-refractivity contribution in [3.05, 3.63) is 72.2 Å². The van der Waals surface area contributed by atoms with Gasteiger partial charge in [0.15, 0.2) is 0 Å². The van der Waals surface area contributed by atoms with E-state index in [4.69, 9.17) is 0 Å². The van der Waals surface area contributed by atoms with Gasteiger partial charge in [0.05, 0.1) is 22.8 Å². The van der Waals surface area contributed by atoms with Gasteiger partial charge in [-0.1, -0.05) is 30.3 Å². The molecule has 0 bridgehead atoms. The molecule has 0 aliphatic carbocycles. The summed E-state index contributed by atoms with van der Waals surface area (Å²) in [5, 5.41) is 4.48. The normalized spacial score (nSPS) is 14.9. The van der Waals surface area contributed by atoms with Crippen LogP contribution >= 0.6 is 11.8 Å². The van der Waals surface area contributed by atoms with Crippen molar-refractivity contribution < 1.29 is 9.59 Å². The SMILES string of the molecule is CSCC[C@H](NC(=O)C1=CCC(=O)N(c2ccccc2)N1)c1nc2ccccc2[nH]1. The predicted octanol–water partition coefficient (Wildman–Crippen LogP) is 3.30. The molecule has 4 rings (SSSR count). The number of imidazole rings is 1. The molecule has 1 aromatic heterocycles. The number of aromatic amines is 1. The fourth-order valence-corrected chi connectivity index (χ4v) is 3.80. The molecule has 0 saturated heterocycles. The first-order valence-electron chi connectivity index (χ1n) is 9.75. The number of carbonyl (C=O) groups excluding carboxylic acids is 2. The Labute approximate surface area is 178 Å². The van der Waals surface area contributed by atoms with E-state index < -0.39 is 0 Å². The second-order valence-corrected chi connectivity index (χ2v) is 7.93. The minimum atomic E-state index is -0.269. The van der Waals surface area contributed by atoms with Crippen LogP contribution in [0.1, 0.15) is 24.7 Å². The number of rotatable bonds is 7. The van der Waals surface area contributed by atoms with Gasteiger partial charge in [0.1, 0.15) is 11.5 Å². The van der Waals surface area contributed by atoms with Crippen LogP contribution in [0.5, 0.6) is 0 Å². The van der Waals surface area contributed by atoms with Gasteiger partial charge in [-0.15, -0.1) is 0 Å². The molecule has 154 valence electrons. The van der Waals surface area contributed by atoms with E-state index in [0.29, 0.717) is 11.4 Å². The fraction of sp³-hybridized carbons (Fsp3) is 0.227. The lowest BCUT2D eigenvalue weighted by Gasteiger charge is -2.29. The van der Waals surface area contributed by atoms with Crippen molar-refractivity contribution in [2.45, 2.75) is 18.9 Å². The van der Waals surface area contributed by atoms with Gasteiger partial charge in [-0.3, -0.25) is 15.0 Å². The van der Waals surface area contributed by atoms with E-state index in [0.717, 1.165) is 29.0 Å². The molecule has 1 aliphatic rings. The van der Waals surface area contributed by atoms with Crippen LogP contribution in [0.15, 0.2) is 66.4 Å². The maximum atomic E-state index is 13.0. The third kappa shape index (κ3) is 4.33. The number of para-hydroxylation sites is 3. The number of hydrazine groups is 1. The lowest BCUT2D eigenvalue weighted by Crippen LogP contribution is -2.49. The summed E-state index contributed by atoms with van der Waals surface area (Å²) in [6.07, 6.45) is 4.56. The molecule has 0 unspecified atom stereocenters. The molecule has 0 spiro atoms. The first kappa shape index (κ1) is 20.0. The topological polar surface area (TPSA) is 90.1 Å². The number of benzene rings is 2. The van der Waals surface area contributed by atoms with Gasteiger partial charge in [-0.2, -0.15) is 11.8 Å². The van der Waals surface area contributed by atoms with Gasteiger partial charge < -0.3 is 10.3 Å². The van der Waals surface area contributed by atoms with E-state index in [9.17, 15) is 9.59 Å². The number of fused-ring (bicyclic) bond motifs is 1. The fourth-order valence-electron chi connectivity index (χ4n) is 3.32. The first-order valence-corrected chi connectivity index (χ1v) is 11.1. The Balaban J connectivity index is 1.52. The summed E-state index contributed by atoms with van der Waals surface area (Å²) >= 11 is 1.72. The molecule has 7 nitrogen and oxygen atoms in total. The molecule has 30 heavy (non-hydrogen) atoms. The summed E-state index contributed by atoms with van der Waals surface area (Å²) in [5.41, 5.74) is 5.80. The Morgan fingerprint density at radius 1 is 1.20 bits per heavy atom. The van der Waals surface area contributed by atoms with Gasteiger partial charge in [0.25, 0.3) is 5.91 Å². The number of nitrogens with one attached hydrogen (secondary N) is 3. The van der Waals surface area contributed by atoms with Crippen molar-refractivity contribution >= 4 is 40.3 Å². The van der Waals surface area contributed by atoms with E-state index >= 15 is 0 Å². The van der Waals surface area contributed by atoms with E-state index in [1.165, 1.54) is 5.01 Å². The Hall–Kier alpha value is -3.26. The second kappa shape index (κ2) is 9.04. The number of nitrogens with zero attached hydrogens (tertiary/aromatic N) is 2. The minimum Gasteiger partial charge on any atom is -0.341 e. The first-order chi connectivity index (χ1) is 14.7. The van der Waals surface area contributed by atoms with Crippen molar-refractivity contribution in [1.29, 1.82) is 0 Å². The van der Waals surface area contributed by atoms with Crippen LogP contribution in [0.2, 0.25) is 0 Å². The zero-order valence-corrected chi connectivity index (χ0v) is 17.4. The van der Waals surface area contributed by atoms with Crippen LogP contribution in [-0.4, -0.2) is 33.8 Å². The van der Waals surface area contributed by atoms with Gasteiger partial charge >= 0.3 is 0 Å². The number of hydrogen-bond acceptors (Lipinski definition) is 5. The quantitative estimate of drug-likeness (QED) is 0.545. The van der Waals surface area contributed by atoms with Crippen LogP contribution < -0.4 is 15.8 Å². The van der Waals surface area contributed by atoms with Crippen molar-refractivity contribution in [3.63, 3.8) is 0 Å². The molecule has 0 saturated carbocycles. The molecule has 0 radical (unpaired) electrons. The van der Waals surface area contributed by atoms with E-state index in [-0.39, 0.29) is 24.3 Å². The number of anilines is 1. The van der Waals surface area contributed by atoms with Crippen LogP contribution in [0, 0.1) is 0 Å². The summed E-state index contributed by atoms with van der Waals surface area (Å²) in [6.45, 7) is 0. The van der Waals surface area contributed by atoms with Crippen molar-refractivity contribution in [1.82, 2.24) is 20.7 Å². The molecule has 1 atom stereocenters. The number of hydrogen-bond donors (Lipinski definition) is 3. The Morgan fingerprint density at radius 2 is 1.97 bits per heavy atom. The third-order valence-electron chi connectivity index (χ3n) is 4.88. The van der Waals surface area contributed by atoms with Gasteiger partial charge in [0.2, 0.25) is 5.91 Å². The highest BCUT2D eigenvalue weighted by atomic mass is 32.2. The molecular formula is C22H23N5O2S. The van der Waals surface area contributed by atoms with Crippen LogP contribution in [-0.2, 0) is 9.59 Å². The standard InChI is InChI=1S/C22H23N5O2S/c1-30-14-13-18(21-23-16-9-5-6-10-17(16)24-21)25-22(29)19-11-12-20(28)27(26-19)15-7-3-2-4-8-15/h2-11,18,26H,12-14H2,1H3,(H,23,24)(H,25,29)/t18-/m0/s1. The highest BCUT2D eigenvalue weighted by Crippen LogP contribution is 2.22. The van der Waals surface area contributed by atoms with Gasteiger partial charge in [-0.05, 0) is 48.8 Å². The minimum absolute atomic E-state index is 0.117. The lowest BCUT2D eigenvalue weighted by atomic mass is 10.2. The number of amides is 2. The molecule has 3 aromatic rings. The summed E-state index contributed by atoms with van der Waals surface area (Å²) in [4.78, 5) is 33.3. The average Bonchev–Trinajstić information content (AvgIpc) is 3.21. The Bertz CT molecular complexity index is 1050. The highest BCUT2D eigenvalue weighted by molar-refractivity contribution is 7.98. The molecule has 1 aliphatic heterocycles. The maximum Gasteiger partial charge on any atom is 0.269 e. The Kier molecular flexibility index (Phi) is 6.04. The van der Waals surface area contributed by atoms with Crippen LogP contribution in [0.3, 0.4) is 0 Å². The number of carbonyl (C=O) groups is 2. The summed E-state index contributed by atoms with van der Waals surface area (Å²) in [7, 11) is 0. The summed E-state index contributed by atoms with van der Waals surface area (Å²) in [5.74, 6) is 1.22. The molecule has 2 aromatic carbocycles. The van der Waals surface area contributed by atoms with Crippen molar-refractivity contribution in [2.24, 2.45) is 0 Å². The molecular weight excluding hydrogens is 398 g/mol. The second-order valence-electron chi connectivity index (χ2n) is 6.95.